The highest BCUT2D eigenvalue weighted by molar-refractivity contribution is 5.92. The van der Waals surface area contributed by atoms with Crippen molar-refractivity contribution < 1.29 is 4.79 Å². The maximum absolute atomic E-state index is 12.8. The average Bonchev–Trinajstić information content (AvgIpc) is 3.34. The van der Waals surface area contributed by atoms with Gasteiger partial charge in [0.05, 0.1) is 17.4 Å². The molecule has 1 atom stereocenters. The largest absolute Gasteiger partial charge is 0.332 e. The standard InChI is InChI=1S/C19H18N6O/c1-13(15-11-16(23-22-15)14-7-4-3-5-8-14)24(2)18(26)17-12-25-10-6-9-20-19(25)21-17/h3-13H,1-2H3,(H,22,23)/t13-/m1/s1. The Bertz CT molecular complexity index is 1020. The van der Waals surface area contributed by atoms with Crippen molar-refractivity contribution in [3.05, 3.63) is 72.4 Å². The zero-order chi connectivity index (χ0) is 18.1. The lowest BCUT2D eigenvalue weighted by molar-refractivity contribution is 0.0734. The summed E-state index contributed by atoms with van der Waals surface area (Å²) in [5.41, 5.74) is 3.11. The van der Waals surface area contributed by atoms with Crippen LogP contribution in [0.1, 0.15) is 29.1 Å². The molecule has 0 fully saturated rings. The number of nitrogens with one attached hydrogen (secondary N) is 1. The van der Waals surface area contributed by atoms with Crippen LogP contribution in [0.5, 0.6) is 0 Å². The molecule has 3 heterocycles. The third-order valence-electron chi connectivity index (χ3n) is 4.47. The first-order chi connectivity index (χ1) is 12.6. The number of fused-ring (bicyclic) bond motifs is 1. The van der Waals surface area contributed by atoms with E-state index in [0.717, 1.165) is 17.0 Å². The highest BCUT2D eigenvalue weighted by Gasteiger charge is 2.23. The number of aromatic amines is 1. The second kappa shape index (κ2) is 6.44. The van der Waals surface area contributed by atoms with Crippen LogP contribution in [-0.4, -0.2) is 42.4 Å². The SMILES string of the molecule is C[C@H](c1cc(-c2ccccc2)n[nH]1)N(C)C(=O)c1cn2cccnc2n1. The maximum atomic E-state index is 12.8. The summed E-state index contributed by atoms with van der Waals surface area (Å²) in [5, 5.41) is 7.40. The molecule has 0 aliphatic carbocycles. The molecule has 4 rings (SSSR count). The van der Waals surface area contributed by atoms with E-state index in [0.29, 0.717) is 11.5 Å². The normalized spacial score (nSPS) is 12.2. The summed E-state index contributed by atoms with van der Waals surface area (Å²) < 4.78 is 1.73. The molecule has 0 aliphatic heterocycles. The van der Waals surface area contributed by atoms with Crippen molar-refractivity contribution in [2.75, 3.05) is 7.05 Å². The molecule has 3 aromatic heterocycles. The number of hydrogen-bond donors (Lipinski definition) is 1. The van der Waals surface area contributed by atoms with Crippen LogP contribution in [0.15, 0.2) is 61.1 Å². The van der Waals surface area contributed by atoms with E-state index in [-0.39, 0.29) is 11.9 Å². The third kappa shape index (κ3) is 2.83. The number of nitrogens with zero attached hydrogens (tertiary/aromatic N) is 5. The number of aromatic nitrogens is 5. The van der Waals surface area contributed by atoms with Crippen molar-refractivity contribution >= 4 is 11.7 Å². The number of benzene rings is 1. The van der Waals surface area contributed by atoms with Crippen molar-refractivity contribution in [3.63, 3.8) is 0 Å². The first-order valence-corrected chi connectivity index (χ1v) is 8.31. The molecule has 0 radical (unpaired) electrons. The Morgan fingerprint density at radius 1 is 1.23 bits per heavy atom. The fourth-order valence-corrected chi connectivity index (χ4v) is 2.81. The number of hydrogen-bond acceptors (Lipinski definition) is 4. The van der Waals surface area contributed by atoms with Crippen LogP contribution in [-0.2, 0) is 0 Å². The maximum Gasteiger partial charge on any atom is 0.274 e. The van der Waals surface area contributed by atoms with Gasteiger partial charge in [-0.05, 0) is 19.1 Å². The molecule has 0 saturated carbocycles. The Morgan fingerprint density at radius 3 is 2.81 bits per heavy atom. The van der Waals surface area contributed by atoms with Gasteiger partial charge < -0.3 is 4.90 Å². The van der Waals surface area contributed by atoms with Gasteiger partial charge in [0.1, 0.15) is 5.69 Å². The Hall–Kier alpha value is -3.48. The predicted molar refractivity (Wildman–Crippen MR) is 97.5 cm³/mol. The van der Waals surface area contributed by atoms with Crippen LogP contribution >= 0.6 is 0 Å². The van der Waals surface area contributed by atoms with E-state index in [1.807, 2.05) is 49.5 Å². The number of carbonyl (C=O) groups is 1. The van der Waals surface area contributed by atoms with Crippen LogP contribution in [0, 0.1) is 0 Å². The van der Waals surface area contributed by atoms with Gasteiger partial charge in [0, 0.05) is 31.2 Å². The van der Waals surface area contributed by atoms with Gasteiger partial charge in [-0.1, -0.05) is 30.3 Å². The van der Waals surface area contributed by atoms with Crippen molar-refractivity contribution in [3.8, 4) is 11.3 Å². The lowest BCUT2D eigenvalue weighted by Crippen LogP contribution is -2.30. The number of imidazole rings is 1. The molecule has 130 valence electrons. The van der Waals surface area contributed by atoms with Crippen molar-refractivity contribution in [1.82, 2.24) is 29.5 Å². The van der Waals surface area contributed by atoms with E-state index in [9.17, 15) is 4.79 Å². The smallest absolute Gasteiger partial charge is 0.274 e. The molecule has 7 nitrogen and oxygen atoms in total. The van der Waals surface area contributed by atoms with Gasteiger partial charge in [0.2, 0.25) is 5.78 Å². The number of amides is 1. The van der Waals surface area contributed by atoms with Crippen LogP contribution < -0.4 is 0 Å². The Labute approximate surface area is 150 Å². The van der Waals surface area contributed by atoms with Gasteiger partial charge in [-0.15, -0.1) is 0 Å². The molecule has 1 N–H and O–H groups in total. The van der Waals surface area contributed by atoms with Gasteiger partial charge >= 0.3 is 0 Å². The molecule has 1 amide bonds. The molecule has 0 saturated heterocycles. The Morgan fingerprint density at radius 2 is 2.04 bits per heavy atom. The highest BCUT2D eigenvalue weighted by atomic mass is 16.2. The summed E-state index contributed by atoms with van der Waals surface area (Å²) >= 11 is 0. The summed E-state index contributed by atoms with van der Waals surface area (Å²) in [6.07, 6.45) is 5.16. The zero-order valence-electron chi connectivity index (χ0n) is 14.5. The monoisotopic (exact) mass is 346 g/mol. The minimum absolute atomic E-state index is 0.168. The molecular weight excluding hydrogens is 328 g/mol. The fraction of sp³-hybridized carbons (Fsp3) is 0.158. The van der Waals surface area contributed by atoms with Gasteiger partial charge in [-0.25, -0.2) is 9.97 Å². The van der Waals surface area contributed by atoms with Crippen LogP contribution in [0.4, 0.5) is 0 Å². The summed E-state index contributed by atoms with van der Waals surface area (Å²) in [5.74, 6) is 0.337. The molecule has 0 spiro atoms. The molecule has 7 heteroatoms. The number of carbonyl (C=O) groups excluding carboxylic acids is 1. The van der Waals surface area contributed by atoms with Crippen molar-refractivity contribution in [2.45, 2.75) is 13.0 Å². The van der Waals surface area contributed by atoms with E-state index in [1.54, 1.807) is 34.8 Å². The molecule has 0 aliphatic rings. The second-order valence-corrected chi connectivity index (χ2v) is 6.12. The van der Waals surface area contributed by atoms with Gasteiger partial charge in [-0.3, -0.25) is 14.3 Å². The van der Waals surface area contributed by atoms with E-state index in [2.05, 4.69) is 20.2 Å². The number of H-pyrrole nitrogens is 1. The highest BCUT2D eigenvalue weighted by Crippen LogP contribution is 2.24. The Kier molecular flexibility index (Phi) is 3.96. The molecular formula is C19H18N6O. The summed E-state index contributed by atoms with van der Waals surface area (Å²) in [6, 6.07) is 13.5. The van der Waals surface area contributed by atoms with Crippen molar-refractivity contribution in [1.29, 1.82) is 0 Å². The van der Waals surface area contributed by atoms with Crippen LogP contribution in [0.2, 0.25) is 0 Å². The van der Waals surface area contributed by atoms with E-state index in [1.165, 1.54) is 0 Å². The lowest BCUT2D eigenvalue weighted by Gasteiger charge is -2.22. The lowest BCUT2D eigenvalue weighted by atomic mass is 10.1. The summed E-state index contributed by atoms with van der Waals surface area (Å²) in [6.45, 7) is 1.95. The number of rotatable bonds is 4. The Balaban J connectivity index is 1.56. The quantitative estimate of drug-likeness (QED) is 0.616. The van der Waals surface area contributed by atoms with Crippen LogP contribution in [0.25, 0.3) is 17.0 Å². The second-order valence-electron chi connectivity index (χ2n) is 6.12. The van der Waals surface area contributed by atoms with E-state index in [4.69, 9.17) is 0 Å². The predicted octanol–water partition coefficient (Wildman–Crippen LogP) is 2.95. The minimum atomic E-state index is -0.176. The molecule has 4 aromatic rings. The molecule has 26 heavy (non-hydrogen) atoms. The van der Waals surface area contributed by atoms with Crippen LogP contribution in [0.3, 0.4) is 0 Å². The zero-order valence-corrected chi connectivity index (χ0v) is 14.5. The summed E-state index contributed by atoms with van der Waals surface area (Å²) in [7, 11) is 1.76. The molecule has 1 aromatic carbocycles. The minimum Gasteiger partial charge on any atom is -0.332 e. The van der Waals surface area contributed by atoms with Gasteiger partial charge in [-0.2, -0.15) is 5.10 Å². The van der Waals surface area contributed by atoms with Gasteiger partial charge in [0.25, 0.3) is 5.91 Å². The first kappa shape index (κ1) is 16.0. The molecule has 0 unspecified atom stereocenters. The fourth-order valence-electron chi connectivity index (χ4n) is 2.81. The summed E-state index contributed by atoms with van der Waals surface area (Å²) in [4.78, 5) is 22.9. The topological polar surface area (TPSA) is 79.2 Å². The van der Waals surface area contributed by atoms with Crippen molar-refractivity contribution in [2.24, 2.45) is 0 Å². The van der Waals surface area contributed by atoms with E-state index >= 15 is 0 Å². The van der Waals surface area contributed by atoms with E-state index < -0.39 is 0 Å². The van der Waals surface area contributed by atoms with Gasteiger partial charge in [0.15, 0.2) is 0 Å². The first-order valence-electron chi connectivity index (χ1n) is 8.31. The average molecular weight is 346 g/mol. The molecule has 0 bridgehead atoms. The third-order valence-corrected chi connectivity index (χ3v) is 4.47.